The summed E-state index contributed by atoms with van der Waals surface area (Å²) in [5.41, 5.74) is 4.61. The number of aryl methyl sites for hydroxylation is 2. The number of allylic oxidation sites excluding steroid dienone is 1. The molecule has 0 aliphatic heterocycles. The number of hydrogen-bond donors (Lipinski definition) is 2. The zero-order valence-corrected chi connectivity index (χ0v) is 20.4. The lowest BCUT2D eigenvalue weighted by molar-refractivity contribution is -0.137. The minimum absolute atomic E-state index is 0.0493. The molecule has 9 heteroatoms. The van der Waals surface area contributed by atoms with Crippen molar-refractivity contribution in [2.75, 3.05) is 5.32 Å². The van der Waals surface area contributed by atoms with Gasteiger partial charge in [0.05, 0.1) is 16.9 Å². The predicted octanol–water partition coefficient (Wildman–Crippen LogP) is 6.87. The predicted molar refractivity (Wildman–Crippen MR) is 134 cm³/mol. The summed E-state index contributed by atoms with van der Waals surface area (Å²) in [5, 5.41) is 11.7. The van der Waals surface area contributed by atoms with Crippen LogP contribution in [0.5, 0.6) is 0 Å². The second-order valence-electron chi connectivity index (χ2n) is 8.44. The average Bonchev–Trinajstić information content (AvgIpc) is 3.32. The van der Waals surface area contributed by atoms with Crippen molar-refractivity contribution in [3.63, 3.8) is 0 Å². The molecule has 0 amide bonds. The molecule has 0 unspecified atom stereocenters. The van der Waals surface area contributed by atoms with Gasteiger partial charge in [-0.25, -0.2) is 4.68 Å². The molecule has 178 valence electrons. The number of anilines is 1. The smallest absolute Gasteiger partial charge is 0.356 e. The van der Waals surface area contributed by atoms with Crippen molar-refractivity contribution >= 4 is 34.6 Å². The minimum Gasteiger partial charge on any atom is -0.356 e. The highest BCUT2D eigenvalue weighted by atomic mass is 35.5. The average molecular weight is 505 g/mol. The number of aromatic nitrogens is 2. The van der Waals surface area contributed by atoms with Crippen molar-refractivity contribution in [1.82, 2.24) is 15.1 Å². The molecule has 1 aliphatic carbocycles. The normalized spacial score (nSPS) is 17.7. The second kappa shape index (κ2) is 9.43. The lowest BCUT2D eigenvalue weighted by Gasteiger charge is -2.18. The summed E-state index contributed by atoms with van der Waals surface area (Å²) in [7, 11) is 0. The standard InChI is InChI=1S/C25H24ClF3N4S/c1-14-7-10-21(13-22(14)26)33-16(3)23(15(2)32-33)17-8-9-20(11-17)31-24(34)30-19-6-4-5-18(12-19)25(27,28)29/h4-10,12-13,17,20H,11H2,1-3H3,(H2,30,31,34)/t17-,20+/m0/s1. The Morgan fingerprint density at radius 2 is 1.88 bits per heavy atom. The number of nitrogens with one attached hydrogen (secondary N) is 2. The van der Waals surface area contributed by atoms with Crippen LogP contribution in [0.4, 0.5) is 18.9 Å². The maximum absolute atomic E-state index is 13.0. The Morgan fingerprint density at radius 3 is 2.59 bits per heavy atom. The topological polar surface area (TPSA) is 41.9 Å². The van der Waals surface area contributed by atoms with Crippen LogP contribution in [0.3, 0.4) is 0 Å². The van der Waals surface area contributed by atoms with Gasteiger partial charge < -0.3 is 10.6 Å². The van der Waals surface area contributed by atoms with Gasteiger partial charge in [-0.3, -0.25) is 0 Å². The lowest BCUT2D eigenvalue weighted by atomic mass is 9.96. The minimum atomic E-state index is -4.40. The molecule has 1 aliphatic rings. The number of benzene rings is 2. The van der Waals surface area contributed by atoms with E-state index in [0.29, 0.717) is 5.02 Å². The molecule has 0 bridgehead atoms. The molecule has 3 aromatic rings. The quantitative estimate of drug-likeness (QED) is 0.300. The van der Waals surface area contributed by atoms with Crippen molar-refractivity contribution < 1.29 is 13.2 Å². The second-order valence-corrected chi connectivity index (χ2v) is 9.26. The van der Waals surface area contributed by atoms with E-state index >= 15 is 0 Å². The number of thiocarbonyl (C=S) groups is 1. The fourth-order valence-corrected chi connectivity index (χ4v) is 4.73. The van der Waals surface area contributed by atoms with Gasteiger partial charge in [0.25, 0.3) is 0 Å². The van der Waals surface area contributed by atoms with Gasteiger partial charge in [-0.1, -0.05) is 35.9 Å². The third-order valence-electron chi connectivity index (χ3n) is 5.97. The molecule has 2 N–H and O–H groups in total. The summed E-state index contributed by atoms with van der Waals surface area (Å²) in [6.07, 6.45) is 0.502. The molecule has 1 heterocycles. The molecule has 0 fully saturated rings. The highest BCUT2D eigenvalue weighted by Gasteiger charge is 2.30. The molecule has 0 saturated carbocycles. The summed E-state index contributed by atoms with van der Waals surface area (Å²) in [6.45, 7) is 5.99. The Morgan fingerprint density at radius 1 is 1.12 bits per heavy atom. The largest absolute Gasteiger partial charge is 0.416 e. The first-order valence-electron chi connectivity index (χ1n) is 10.8. The van der Waals surface area contributed by atoms with E-state index in [-0.39, 0.29) is 22.8 Å². The van der Waals surface area contributed by atoms with Crippen LogP contribution in [0.1, 0.15) is 40.4 Å². The Balaban J connectivity index is 1.43. The summed E-state index contributed by atoms with van der Waals surface area (Å²) in [4.78, 5) is 0. The third-order valence-corrected chi connectivity index (χ3v) is 6.59. The number of halogens is 4. The lowest BCUT2D eigenvalue weighted by Crippen LogP contribution is -2.35. The number of alkyl halides is 3. The van der Waals surface area contributed by atoms with E-state index < -0.39 is 11.7 Å². The molecule has 0 radical (unpaired) electrons. The highest BCUT2D eigenvalue weighted by molar-refractivity contribution is 7.80. The van der Waals surface area contributed by atoms with Crippen LogP contribution in [0.25, 0.3) is 5.69 Å². The van der Waals surface area contributed by atoms with E-state index in [1.165, 1.54) is 6.07 Å². The van der Waals surface area contributed by atoms with Crippen molar-refractivity contribution in [1.29, 1.82) is 0 Å². The summed E-state index contributed by atoms with van der Waals surface area (Å²) < 4.78 is 40.8. The SMILES string of the molecule is Cc1ccc(-n2nc(C)c([C@H]3C=C[C@@H](NC(=S)Nc4cccc(C(F)(F)F)c4)C3)c2C)cc1Cl. The zero-order valence-electron chi connectivity index (χ0n) is 18.9. The maximum atomic E-state index is 13.0. The van der Waals surface area contributed by atoms with E-state index in [0.717, 1.165) is 46.8 Å². The van der Waals surface area contributed by atoms with Crippen molar-refractivity contribution in [3.05, 3.63) is 87.7 Å². The van der Waals surface area contributed by atoms with Crippen molar-refractivity contribution in [2.24, 2.45) is 0 Å². The van der Waals surface area contributed by atoms with Crippen LogP contribution >= 0.6 is 23.8 Å². The molecular weight excluding hydrogens is 481 g/mol. The molecule has 2 aromatic carbocycles. The summed E-state index contributed by atoms with van der Waals surface area (Å²) in [5.74, 6) is 0.142. The van der Waals surface area contributed by atoms with E-state index in [9.17, 15) is 13.2 Å². The van der Waals surface area contributed by atoms with E-state index in [1.807, 2.05) is 49.7 Å². The number of nitrogens with zero attached hydrogens (tertiary/aromatic N) is 2. The van der Waals surface area contributed by atoms with E-state index in [4.69, 9.17) is 28.9 Å². The van der Waals surface area contributed by atoms with E-state index in [1.54, 1.807) is 6.07 Å². The van der Waals surface area contributed by atoms with Gasteiger partial charge in [-0.2, -0.15) is 18.3 Å². The molecular formula is C25H24ClF3N4S. The highest BCUT2D eigenvalue weighted by Crippen LogP contribution is 2.35. The summed E-state index contributed by atoms with van der Waals surface area (Å²) in [6, 6.07) is 10.8. The Labute approximate surface area is 206 Å². The first-order chi connectivity index (χ1) is 16.0. The first kappa shape index (κ1) is 24.3. The van der Waals surface area contributed by atoms with Crippen LogP contribution in [0, 0.1) is 20.8 Å². The molecule has 0 saturated heterocycles. The molecule has 4 nitrogen and oxygen atoms in total. The Kier molecular flexibility index (Phi) is 6.73. The molecule has 1 aromatic heterocycles. The van der Waals surface area contributed by atoms with Gasteiger partial charge in [0.2, 0.25) is 0 Å². The van der Waals surface area contributed by atoms with Gasteiger partial charge in [-0.05, 0) is 75.3 Å². The monoisotopic (exact) mass is 504 g/mol. The number of hydrogen-bond acceptors (Lipinski definition) is 2. The Hall–Kier alpha value is -2.84. The van der Waals surface area contributed by atoms with Gasteiger partial charge in [-0.15, -0.1) is 0 Å². The fraction of sp³-hybridized carbons (Fsp3) is 0.280. The maximum Gasteiger partial charge on any atom is 0.416 e. The van der Waals surface area contributed by atoms with Crippen LogP contribution in [0.15, 0.2) is 54.6 Å². The van der Waals surface area contributed by atoms with Gasteiger partial charge in [0.15, 0.2) is 5.11 Å². The molecule has 4 rings (SSSR count). The third kappa shape index (κ3) is 5.13. The van der Waals surface area contributed by atoms with Gasteiger partial charge in [0, 0.05) is 33.9 Å². The molecule has 34 heavy (non-hydrogen) atoms. The molecule has 0 spiro atoms. The first-order valence-corrected chi connectivity index (χ1v) is 11.6. The van der Waals surface area contributed by atoms with Crippen LogP contribution in [-0.2, 0) is 6.18 Å². The van der Waals surface area contributed by atoms with Crippen molar-refractivity contribution in [2.45, 2.75) is 45.3 Å². The van der Waals surface area contributed by atoms with Gasteiger partial charge in [0.1, 0.15) is 0 Å². The Bertz CT molecular complexity index is 1270. The van der Waals surface area contributed by atoms with Gasteiger partial charge >= 0.3 is 6.18 Å². The van der Waals surface area contributed by atoms with Crippen LogP contribution < -0.4 is 10.6 Å². The zero-order chi connectivity index (χ0) is 24.6. The fourth-order valence-electron chi connectivity index (χ4n) is 4.29. The van der Waals surface area contributed by atoms with E-state index in [2.05, 4.69) is 16.7 Å². The van der Waals surface area contributed by atoms with Crippen molar-refractivity contribution in [3.8, 4) is 5.69 Å². The number of rotatable bonds is 4. The summed E-state index contributed by atoms with van der Waals surface area (Å²) >= 11 is 11.7. The van der Waals surface area contributed by atoms with Crippen LogP contribution in [-0.4, -0.2) is 20.9 Å². The van der Waals surface area contributed by atoms with Crippen LogP contribution in [0.2, 0.25) is 5.02 Å². The molecule has 2 atom stereocenters.